The molecule has 0 atom stereocenters. The van der Waals surface area contributed by atoms with E-state index >= 15 is 0 Å². The van der Waals surface area contributed by atoms with Gasteiger partial charge in [0, 0.05) is 0 Å². The summed E-state index contributed by atoms with van der Waals surface area (Å²) in [6, 6.07) is 2.03. The van der Waals surface area contributed by atoms with Gasteiger partial charge in [-0.2, -0.15) is 0 Å². The van der Waals surface area contributed by atoms with Crippen molar-refractivity contribution in [2.24, 2.45) is 0 Å². The second-order valence-corrected chi connectivity index (χ2v) is 2.80. The Kier molecular flexibility index (Phi) is 3.81. The molecule has 0 spiro atoms. The molecule has 61 valence electrons. The van der Waals surface area contributed by atoms with E-state index in [1.807, 2.05) is 12.3 Å². The topological polar surface area (TPSA) is 13.1 Å². The van der Waals surface area contributed by atoms with Crippen molar-refractivity contribution >= 4 is 0 Å². The number of hydrogen-bond donors (Lipinski definition) is 0. The summed E-state index contributed by atoms with van der Waals surface area (Å²) >= 11 is 0. The quantitative estimate of drug-likeness (QED) is 0.589. The lowest BCUT2D eigenvalue weighted by Crippen LogP contribution is -1.81. The van der Waals surface area contributed by atoms with Crippen LogP contribution in [0.1, 0.15) is 31.2 Å². The van der Waals surface area contributed by atoms with Crippen LogP contribution in [-0.4, -0.2) is 0 Å². The molecule has 0 bridgehead atoms. The summed E-state index contributed by atoms with van der Waals surface area (Å²) in [5.74, 6) is 0. The molecule has 0 fully saturated rings. The average Bonchev–Trinajstić information content (AvgIpc) is 2.50. The van der Waals surface area contributed by atoms with Crippen LogP contribution in [0.4, 0.5) is 0 Å². The average molecular weight is 151 g/mol. The van der Waals surface area contributed by atoms with Gasteiger partial charge in [0.25, 0.3) is 0 Å². The third-order valence-electron chi connectivity index (χ3n) is 1.80. The molecule has 1 radical (unpaired) electrons. The van der Waals surface area contributed by atoms with E-state index in [-0.39, 0.29) is 0 Å². The highest BCUT2D eigenvalue weighted by Crippen LogP contribution is 2.07. The van der Waals surface area contributed by atoms with Gasteiger partial charge in [-0.3, -0.25) is 0 Å². The first kappa shape index (κ1) is 8.38. The zero-order valence-corrected chi connectivity index (χ0v) is 6.88. The molecule has 0 amide bonds. The van der Waals surface area contributed by atoms with Crippen LogP contribution in [0.5, 0.6) is 0 Å². The molecule has 0 saturated carbocycles. The van der Waals surface area contributed by atoms with Crippen LogP contribution in [0.3, 0.4) is 0 Å². The monoisotopic (exact) mass is 151 g/mol. The summed E-state index contributed by atoms with van der Waals surface area (Å²) in [5.41, 5.74) is 1.31. The van der Waals surface area contributed by atoms with E-state index in [1.165, 1.54) is 24.8 Å². The first-order valence-electron chi connectivity index (χ1n) is 4.24. The largest absolute Gasteiger partial charge is 0.472 e. The third kappa shape index (κ3) is 3.26. The molecule has 0 aliphatic heterocycles. The predicted molar refractivity (Wildman–Crippen MR) is 46.2 cm³/mol. The van der Waals surface area contributed by atoms with Gasteiger partial charge >= 0.3 is 0 Å². The zero-order valence-electron chi connectivity index (χ0n) is 6.88. The highest BCUT2D eigenvalue weighted by Gasteiger charge is 1.92. The number of hydrogen-bond acceptors (Lipinski definition) is 1. The minimum Gasteiger partial charge on any atom is -0.472 e. The van der Waals surface area contributed by atoms with Crippen LogP contribution in [-0.2, 0) is 6.42 Å². The Bertz CT molecular complexity index is 165. The molecule has 0 unspecified atom stereocenters. The molecule has 11 heavy (non-hydrogen) atoms. The highest BCUT2D eigenvalue weighted by molar-refractivity contribution is 5.04. The van der Waals surface area contributed by atoms with Crippen molar-refractivity contribution in [1.82, 2.24) is 0 Å². The lowest BCUT2D eigenvalue weighted by atomic mass is 10.1. The fourth-order valence-corrected chi connectivity index (χ4v) is 1.12. The van der Waals surface area contributed by atoms with Crippen LogP contribution in [0.2, 0.25) is 0 Å². The van der Waals surface area contributed by atoms with Crippen LogP contribution in [0, 0.1) is 6.92 Å². The Morgan fingerprint density at radius 2 is 2.18 bits per heavy atom. The second-order valence-electron chi connectivity index (χ2n) is 2.80. The Hall–Kier alpha value is -0.720. The Morgan fingerprint density at radius 1 is 1.27 bits per heavy atom. The first-order chi connectivity index (χ1) is 5.43. The van der Waals surface area contributed by atoms with Crippen LogP contribution >= 0.6 is 0 Å². The Balaban J connectivity index is 2.04. The molecule has 1 rings (SSSR count). The number of aryl methyl sites for hydroxylation is 1. The summed E-state index contributed by atoms with van der Waals surface area (Å²) < 4.78 is 4.96. The van der Waals surface area contributed by atoms with Gasteiger partial charge in [0.2, 0.25) is 0 Å². The molecule has 1 heterocycles. The fraction of sp³-hybridized carbons (Fsp3) is 0.500. The molecule has 1 heteroatoms. The van der Waals surface area contributed by atoms with Gasteiger partial charge < -0.3 is 4.42 Å². The van der Waals surface area contributed by atoms with Gasteiger partial charge in [-0.05, 0) is 24.5 Å². The van der Waals surface area contributed by atoms with E-state index in [0.717, 1.165) is 12.8 Å². The van der Waals surface area contributed by atoms with Gasteiger partial charge in [0.1, 0.15) is 0 Å². The fourth-order valence-electron chi connectivity index (χ4n) is 1.12. The number of rotatable bonds is 5. The maximum absolute atomic E-state index is 4.96. The molecular weight excluding hydrogens is 136 g/mol. The molecule has 0 N–H and O–H groups in total. The number of furan rings is 1. The molecule has 1 aromatic rings. The van der Waals surface area contributed by atoms with Gasteiger partial charge in [-0.15, -0.1) is 0 Å². The van der Waals surface area contributed by atoms with E-state index < -0.39 is 0 Å². The molecular formula is C10H15O. The third-order valence-corrected chi connectivity index (χ3v) is 1.80. The SMILES string of the molecule is [CH2]CCCCCc1ccoc1. The maximum atomic E-state index is 4.96. The normalized spacial score (nSPS) is 10.3. The van der Waals surface area contributed by atoms with Gasteiger partial charge in [0.15, 0.2) is 0 Å². The Labute approximate surface area is 68.4 Å². The summed E-state index contributed by atoms with van der Waals surface area (Å²) in [7, 11) is 0. The lowest BCUT2D eigenvalue weighted by Gasteiger charge is -1.95. The van der Waals surface area contributed by atoms with E-state index in [0.29, 0.717) is 0 Å². The Morgan fingerprint density at radius 3 is 2.82 bits per heavy atom. The van der Waals surface area contributed by atoms with E-state index in [4.69, 9.17) is 4.42 Å². The van der Waals surface area contributed by atoms with Crippen molar-refractivity contribution in [2.75, 3.05) is 0 Å². The minimum atomic E-state index is 1.06. The van der Waals surface area contributed by atoms with Gasteiger partial charge in [0.05, 0.1) is 12.5 Å². The van der Waals surface area contributed by atoms with Crippen molar-refractivity contribution in [3.05, 3.63) is 31.1 Å². The number of unbranched alkanes of at least 4 members (excludes halogenated alkanes) is 3. The van der Waals surface area contributed by atoms with E-state index in [1.54, 1.807) is 6.26 Å². The van der Waals surface area contributed by atoms with Crippen molar-refractivity contribution in [1.29, 1.82) is 0 Å². The summed E-state index contributed by atoms with van der Waals surface area (Å²) in [5, 5.41) is 0. The molecule has 0 saturated heterocycles. The summed E-state index contributed by atoms with van der Waals surface area (Å²) in [4.78, 5) is 0. The molecule has 0 aromatic carbocycles. The molecule has 0 aliphatic carbocycles. The maximum Gasteiger partial charge on any atom is 0.0934 e. The standard InChI is InChI=1S/C10H15O/c1-2-3-4-5-6-10-7-8-11-9-10/h7-9H,1-6H2. The summed E-state index contributed by atoms with van der Waals surface area (Å²) in [6.07, 6.45) is 9.56. The highest BCUT2D eigenvalue weighted by atomic mass is 16.3. The second kappa shape index (κ2) is 5.00. The van der Waals surface area contributed by atoms with E-state index in [2.05, 4.69) is 6.92 Å². The smallest absolute Gasteiger partial charge is 0.0934 e. The minimum absolute atomic E-state index is 1.06. The van der Waals surface area contributed by atoms with Crippen LogP contribution in [0.15, 0.2) is 23.0 Å². The van der Waals surface area contributed by atoms with E-state index in [9.17, 15) is 0 Å². The lowest BCUT2D eigenvalue weighted by molar-refractivity contribution is 0.562. The van der Waals surface area contributed by atoms with Gasteiger partial charge in [-0.1, -0.05) is 26.2 Å². The molecule has 0 aliphatic rings. The van der Waals surface area contributed by atoms with Crippen molar-refractivity contribution in [2.45, 2.75) is 32.1 Å². The molecule has 1 aromatic heterocycles. The van der Waals surface area contributed by atoms with Crippen LogP contribution < -0.4 is 0 Å². The van der Waals surface area contributed by atoms with Crippen molar-refractivity contribution in [3.63, 3.8) is 0 Å². The predicted octanol–water partition coefficient (Wildman–Crippen LogP) is 3.22. The van der Waals surface area contributed by atoms with Crippen LogP contribution in [0.25, 0.3) is 0 Å². The zero-order chi connectivity index (χ0) is 7.94. The summed E-state index contributed by atoms with van der Waals surface area (Å²) in [6.45, 7) is 3.80. The van der Waals surface area contributed by atoms with Crippen molar-refractivity contribution in [3.8, 4) is 0 Å². The molecule has 1 nitrogen and oxygen atoms in total. The first-order valence-corrected chi connectivity index (χ1v) is 4.24. The van der Waals surface area contributed by atoms with Crippen molar-refractivity contribution < 1.29 is 4.42 Å². The van der Waals surface area contributed by atoms with Gasteiger partial charge in [-0.25, -0.2) is 0 Å².